The number of benzene rings is 1. The molecular formula is C20H22N2O2. The highest BCUT2D eigenvalue weighted by Crippen LogP contribution is 2.60. The van der Waals surface area contributed by atoms with Gasteiger partial charge in [0.2, 0.25) is 0 Å². The van der Waals surface area contributed by atoms with Gasteiger partial charge in [-0.2, -0.15) is 0 Å². The Kier molecular flexibility index (Phi) is 2.88. The fourth-order valence-electron chi connectivity index (χ4n) is 5.77. The molecule has 2 saturated heterocycles. The predicted octanol–water partition coefficient (Wildman–Crippen LogP) is 2.85. The first-order valence-corrected chi connectivity index (χ1v) is 8.86. The van der Waals surface area contributed by atoms with E-state index >= 15 is 0 Å². The van der Waals surface area contributed by atoms with Crippen molar-refractivity contribution in [3.63, 3.8) is 0 Å². The van der Waals surface area contributed by atoms with Crippen LogP contribution in [0.2, 0.25) is 0 Å². The molecule has 3 bridgehead atoms. The zero-order chi connectivity index (χ0) is 16.5. The van der Waals surface area contributed by atoms with Crippen LogP contribution >= 0.6 is 0 Å². The number of allylic oxidation sites excluding steroid dienone is 1. The normalized spacial score (nSPS) is 37.8. The summed E-state index contributed by atoms with van der Waals surface area (Å²) in [7, 11) is 1.52. The first-order chi connectivity index (χ1) is 11.7. The zero-order valence-electron chi connectivity index (χ0n) is 14.2. The number of rotatable bonds is 1. The fourth-order valence-corrected chi connectivity index (χ4v) is 5.77. The number of fused-ring (bicyclic) bond motifs is 2. The SMILES string of the molecule is C/C=C1\CN2CC[C@@]34C(=Nc5ccccc53)[C@H]2C[C@H]1[C@H]4C(=O)OC. The van der Waals surface area contributed by atoms with Crippen molar-refractivity contribution in [3.8, 4) is 0 Å². The fraction of sp³-hybridized carbons (Fsp3) is 0.500. The topological polar surface area (TPSA) is 41.9 Å². The Balaban J connectivity index is 1.79. The standard InChI is InChI=1S/C20H22N2O2/c1-3-12-11-22-9-8-20-14-6-4-5-7-15(14)21-18(20)16(22)10-13(12)17(20)19(23)24-2/h3-7,13,16-17H,8-11H2,1-2H3/b12-3+/t13-,16-,17+,20-/m1/s1. The second kappa shape index (κ2) is 4.79. The van der Waals surface area contributed by atoms with E-state index in [0.717, 1.165) is 31.6 Å². The summed E-state index contributed by atoms with van der Waals surface area (Å²) < 4.78 is 5.31. The van der Waals surface area contributed by atoms with Crippen molar-refractivity contribution in [2.24, 2.45) is 16.8 Å². The number of carbonyl (C=O) groups excluding carboxylic acids is 1. The molecule has 4 aliphatic rings. The highest BCUT2D eigenvalue weighted by Gasteiger charge is 2.65. The van der Waals surface area contributed by atoms with Crippen molar-refractivity contribution in [1.82, 2.24) is 4.90 Å². The molecule has 4 atom stereocenters. The largest absolute Gasteiger partial charge is 0.469 e. The molecule has 4 nitrogen and oxygen atoms in total. The predicted molar refractivity (Wildman–Crippen MR) is 92.6 cm³/mol. The first-order valence-electron chi connectivity index (χ1n) is 8.86. The number of carbonyl (C=O) groups is 1. The van der Waals surface area contributed by atoms with Gasteiger partial charge in [-0.3, -0.25) is 14.7 Å². The van der Waals surface area contributed by atoms with Crippen LogP contribution < -0.4 is 0 Å². The second-order valence-corrected chi connectivity index (χ2v) is 7.43. The molecule has 3 fully saturated rings. The minimum atomic E-state index is -0.261. The van der Waals surface area contributed by atoms with E-state index in [9.17, 15) is 4.79 Å². The van der Waals surface area contributed by atoms with E-state index in [1.54, 1.807) is 0 Å². The van der Waals surface area contributed by atoms with Gasteiger partial charge < -0.3 is 4.74 Å². The van der Waals surface area contributed by atoms with E-state index in [1.807, 2.05) is 6.07 Å². The quantitative estimate of drug-likeness (QED) is 0.590. The lowest BCUT2D eigenvalue weighted by molar-refractivity contribution is -0.151. The summed E-state index contributed by atoms with van der Waals surface area (Å²) in [4.78, 5) is 20.5. The second-order valence-electron chi connectivity index (χ2n) is 7.43. The van der Waals surface area contributed by atoms with Crippen molar-refractivity contribution in [1.29, 1.82) is 0 Å². The Hall–Kier alpha value is -1.94. The average molecular weight is 322 g/mol. The lowest BCUT2D eigenvalue weighted by Gasteiger charge is -2.59. The van der Waals surface area contributed by atoms with Gasteiger partial charge in [0.15, 0.2) is 0 Å². The summed E-state index contributed by atoms with van der Waals surface area (Å²) in [5, 5.41) is 0. The monoisotopic (exact) mass is 322 g/mol. The number of ether oxygens (including phenoxy) is 1. The molecule has 0 unspecified atom stereocenters. The smallest absolute Gasteiger partial charge is 0.310 e. The van der Waals surface area contributed by atoms with E-state index in [1.165, 1.54) is 24.0 Å². The Labute approximate surface area is 142 Å². The molecule has 0 radical (unpaired) electrons. The van der Waals surface area contributed by atoms with Gasteiger partial charge in [-0.1, -0.05) is 29.8 Å². The summed E-state index contributed by atoms with van der Waals surface area (Å²) in [5.74, 6) is 0.0569. The number of aliphatic imine (C=N–C) groups is 1. The van der Waals surface area contributed by atoms with Gasteiger partial charge in [0.25, 0.3) is 0 Å². The van der Waals surface area contributed by atoms with Crippen molar-refractivity contribution in [2.75, 3.05) is 20.2 Å². The lowest BCUT2D eigenvalue weighted by atomic mass is 9.51. The molecule has 0 aromatic heterocycles. The third-order valence-corrected chi connectivity index (χ3v) is 6.73. The number of methoxy groups -OCH3 is 1. The van der Waals surface area contributed by atoms with Gasteiger partial charge in [0.05, 0.1) is 24.1 Å². The van der Waals surface area contributed by atoms with Crippen molar-refractivity contribution in [3.05, 3.63) is 41.5 Å². The van der Waals surface area contributed by atoms with Crippen LogP contribution in [-0.2, 0) is 14.9 Å². The van der Waals surface area contributed by atoms with Crippen LogP contribution in [0.4, 0.5) is 5.69 Å². The number of hydrogen-bond acceptors (Lipinski definition) is 4. The van der Waals surface area contributed by atoms with Gasteiger partial charge in [0, 0.05) is 24.8 Å². The highest BCUT2D eigenvalue weighted by atomic mass is 16.5. The van der Waals surface area contributed by atoms with Crippen LogP contribution in [0.5, 0.6) is 0 Å². The molecule has 1 saturated carbocycles. The van der Waals surface area contributed by atoms with Crippen molar-refractivity contribution in [2.45, 2.75) is 31.2 Å². The molecule has 1 aromatic carbocycles. The van der Waals surface area contributed by atoms with Gasteiger partial charge in [-0.05, 0) is 37.3 Å². The third kappa shape index (κ3) is 1.53. The van der Waals surface area contributed by atoms with Crippen molar-refractivity contribution < 1.29 is 9.53 Å². The molecular weight excluding hydrogens is 300 g/mol. The molecule has 124 valence electrons. The molecule has 0 N–H and O–H groups in total. The maximum atomic E-state index is 12.9. The summed E-state index contributed by atoms with van der Waals surface area (Å²) in [5.41, 5.74) is 4.64. The third-order valence-electron chi connectivity index (χ3n) is 6.73. The maximum Gasteiger partial charge on any atom is 0.310 e. The molecule has 4 heteroatoms. The Bertz CT molecular complexity index is 797. The molecule has 1 aliphatic carbocycles. The van der Waals surface area contributed by atoms with Crippen LogP contribution in [0.25, 0.3) is 0 Å². The average Bonchev–Trinajstić information content (AvgIpc) is 2.96. The lowest BCUT2D eigenvalue weighted by Crippen LogP contribution is -2.68. The molecule has 5 rings (SSSR count). The summed E-state index contributed by atoms with van der Waals surface area (Å²) in [6.07, 6.45) is 4.17. The summed E-state index contributed by atoms with van der Waals surface area (Å²) >= 11 is 0. The Morgan fingerprint density at radius 3 is 3.04 bits per heavy atom. The van der Waals surface area contributed by atoms with Gasteiger partial charge in [-0.25, -0.2) is 0 Å². The van der Waals surface area contributed by atoms with Gasteiger partial charge in [-0.15, -0.1) is 0 Å². The molecule has 3 heterocycles. The number of esters is 1. The Morgan fingerprint density at radius 1 is 1.42 bits per heavy atom. The summed E-state index contributed by atoms with van der Waals surface area (Å²) in [6.45, 7) is 4.09. The number of nitrogens with zero attached hydrogens (tertiary/aromatic N) is 2. The maximum absolute atomic E-state index is 12.9. The van der Waals surface area contributed by atoms with E-state index < -0.39 is 0 Å². The van der Waals surface area contributed by atoms with E-state index in [0.29, 0.717) is 6.04 Å². The van der Waals surface area contributed by atoms with Crippen LogP contribution in [0, 0.1) is 11.8 Å². The minimum absolute atomic E-state index is 0.0717. The first kappa shape index (κ1) is 14.4. The summed E-state index contributed by atoms with van der Waals surface area (Å²) in [6, 6.07) is 8.76. The highest BCUT2D eigenvalue weighted by molar-refractivity contribution is 6.09. The number of para-hydroxylation sites is 1. The molecule has 24 heavy (non-hydrogen) atoms. The number of hydrogen-bond donors (Lipinski definition) is 0. The van der Waals surface area contributed by atoms with Crippen LogP contribution in [-0.4, -0.2) is 42.8 Å². The van der Waals surface area contributed by atoms with E-state index in [2.05, 4.69) is 36.1 Å². The van der Waals surface area contributed by atoms with Crippen molar-refractivity contribution >= 4 is 17.4 Å². The van der Waals surface area contributed by atoms with E-state index in [4.69, 9.17) is 9.73 Å². The van der Waals surface area contributed by atoms with Crippen LogP contribution in [0.15, 0.2) is 40.9 Å². The minimum Gasteiger partial charge on any atom is -0.469 e. The molecule has 3 aliphatic heterocycles. The molecule has 1 aromatic rings. The number of piperidine rings is 2. The molecule has 0 amide bonds. The van der Waals surface area contributed by atoms with E-state index in [-0.39, 0.29) is 23.2 Å². The zero-order valence-corrected chi connectivity index (χ0v) is 14.2. The Morgan fingerprint density at radius 2 is 2.25 bits per heavy atom. The van der Waals surface area contributed by atoms with Gasteiger partial charge in [0.1, 0.15) is 0 Å². The van der Waals surface area contributed by atoms with Crippen LogP contribution in [0.3, 0.4) is 0 Å². The van der Waals surface area contributed by atoms with Crippen LogP contribution in [0.1, 0.15) is 25.3 Å². The molecule has 0 spiro atoms. The van der Waals surface area contributed by atoms with Gasteiger partial charge >= 0.3 is 5.97 Å².